The third-order valence-corrected chi connectivity index (χ3v) is 3.54. The molecule has 1 aromatic rings. The van der Waals surface area contributed by atoms with Crippen molar-refractivity contribution in [2.24, 2.45) is 4.99 Å². The van der Waals surface area contributed by atoms with Crippen LogP contribution in [0.4, 0.5) is 13.2 Å². The van der Waals surface area contributed by atoms with Crippen LogP contribution in [0.25, 0.3) is 0 Å². The van der Waals surface area contributed by atoms with Gasteiger partial charge in [-0.25, -0.2) is 4.99 Å². The van der Waals surface area contributed by atoms with Crippen molar-refractivity contribution in [2.75, 3.05) is 40.4 Å². The Kier molecular flexibility index (Phi) is 12.8. The van der Waals surface area contributed by atoms with E-state index >= 15 is 0 Å². The summed E-state index contributed by atoms with van der Waals surface area (Å²) in [6.45, 7) is 3.77. The fourth-order valence-corrected chi connectivity index (χ4v) is 2.03. The van der Waals surface area contributed by atoms with Crippen molar-refractivity contribution in [2.45, 2.75) is 26.1 Å². The van der Waals surface area contributed by atoms with Crippen molar-refractivity contribution in [3.05, 3.63) is 35.4 Å². The van der Waals surface area contributed by atoms with E-state index in [1.54, 1.807) is 20.2 Å². The van der Waals surface area contributed by atoms with E-state index in [-0.39, 0.29) is 43.0 Å². The molecule has 0 aliphatic rings. The number of benzene rings is 1. The fourth-order valence-electron chi connectivity index (χ4n) is 2.03. The summed E-state index contributed by atoms with van der Waals surface area (Å²) in [5, 5.41) is 5.95. The maximum Gasteiger partial charge on any atom is 0.416 e. The Balaban J connectivity index is 0.00000729. The molecule has 0 atom stereocenters. The van der Waals surface area contributed by atoms with Crippen molar-refractivity contribution < 1.29 is 22.7 Å². The van der Waals surface area contributed by atoms with E-state index in [4.69, 9.17) is 4.74 Å². The van der Waals surface area contributed by atoms with Crippen LogP contribution in [-0.4, -0.2) is 57.2 Å². The predicted molar refractivity (Wildman–Crippen MR) is 114 cm³/mol. The van der Waals surface area contributed by atoms with Crippen LogP contribution in [-0.2, 0) is 22.3 Å². The van der Waals surface area contributed by atoms with Gasteiger partial charge in [-0.3, -0.25) is 4.79 Å². The summed E-state index contributed by atoms with van der Waals surface area (Å²) < 4.78 is 43.7. The minimum atomic E-state index is -4.39. The van der Waals surface area contributed by atoms with Crippen LogP contribution < -0.4 is 10.6 Å². The van der Waals surface area contributed by atoms with Gasteiger partial charge in [-0.15, -0.1) is 24.0 Å². The van der Waals surface area contributed by atoms with Crippen LogP contribution in [0, 0.1) is 0 Å². The fraction of sp³-hybridized carbons (Fsp3) is 0.556. The molecule has 0 aromatic heterocycles. The molecular formula is C18H28F3IN4O2. The third kappa shape index (κ3) is 10.7. The summed E-state index contributed by atoms with van der Waals surface area (Å²) >= 11 is 0. The summed E-state index contributed by atoms with van der Waals surface area (Å²) in [7, 11) is 3.28. The molecule has 0 aliphatic carbocycles. The molecule has 0 bridgehead atoms. The SMILES string of the molecule is CCOCCCNC(=NCc1cccc(C(F)(F)F)c1)NCC(=O)N(C)C.I. The summed E-state index contributed by atoms with van der Waals surface area (Å²) in [6, 6.07) is 5.03. The molecule has 10 heteroatoms. The Morgan fingerprint density at radius 2 is 1.96 bits per heavy atom. The number of hydrogen-bond donors (Lipinski definition) is 2. The number of carbonyl (C=O) groups excluding carboxylic acids is 1. The molecular weight excluding hydrogens is 488 g/mol. The Hall–Kier alpha value is -1.56. The largest absolute Gasteiger partial charge is 0.416 e. The highest BCUT2D eigenvalue weighted by molar-refractivity contribution is 14.0. The lowest BCUT2D eigenvalue weighted by Gasteiger charge is -2.15. The number of likely N-dealkylation sites (N-methyl/N-ethyl adjacent to an activating group) is 1. The van der Waals surface area contributed by atoms with Crippen LogP contribution in [0.15, 0.2) is 29.3 Å². The van der Waals surface area contributed by atoms with E-state index in [0.717, 1.165) is 18.6 Å². The molecule has 0 radical (unpaired) electrons. The van der Waals surface area contributed by atoms with Gasteiger partial charge in [0.25, 0.3) is 0 Å². The molecule has 1 amide bonds. The second kappa shape index (κ2) is 13.6. The van der Waals surface area contributed by atoms with Gasteiger partial charge in [0.1, 0.15) is 0 Å². The number of hydrogen-bond acceptors (Lipinski definition) is 3. The van der Waals surface area contributed by atoms with Crippen LogP contribution in [0.1, 0.15) is 24.5 Å². The first-order valence-corrected chi connectivity index (χ1v) is 8.70. The maximum atomic E-state index is 12.8. The number of halogens is 4. The predicted octanol–water partition coefficient (Wildman–Crippen LogP) is 2.87. The van der Waals surface area contributed by atoms with Gasteiger partial charge >= 0.3 is 6.18 Å². The summed E-state index contributed by atoms with van der Waals surface area (Å²) in [5.41, 5.74) is -0.281. The van der Waals surface area contributed by atoms with Gasteiger partial charge in [0.15, 0.2) is 5.96 Å². The van der Waals surface area contributed by atoms with E-state index < -0.39 is 11.7 Å². The molecule has 160 valence electrons. The molecule has 1 rings (SSSR count). The van der Waals surface area contributed by atoms with E-state index in [1.807, 2.05) is 6.92 Å². The number of nitrogens with one attached hydrogen (secondary N) is 2. The van der Waals surface area contributed by atoms with Gasteiger partial charge in [0, 0.05) is 33.9 Å². The molecule has 0 unspecified atom stereocenters. The van der Waals surface area contributed by atoms with Crippen LogP contribution in [0.2, 0.25) is 0 Å². The van der Waals surface area contributed by atoms with Gasteiger partial charge < -0.3 is 20.3 Å². The summed E-state index contributed by atoms with van der Waals surface area (Å²) in [6.07, 6.45) is -3.66. The number of rotatable bonds is 9. The lowest BCUT2D eigenvalue weighted by molar-refractivity contribution is -0.137. The van der Waals surface area contributed by atoms with E-state index in [9.17, 15) is 18.0 Å². The molecule has 0 heterocycles. The molecule has 0 saturated carbocycles. The number of nitrogens with zero attached hydrogens (tertiary/aromatic N) is 2. The first kappa shape index (κ1) is 26.4. The Bertz CT molecular complexity index is 625. The number of alkyl halides is 3. The van der Waals surface area contributed by atoms with E-state index in [2.05, 4.69) is 15.6 Å². The zero-order valence-corrected chi connectivity index (χ0v) is 18.6. The van der Waals surface area contributed by atoms with Gasteiger partial charge in [0.05, 0.1) is 18.7 Å². The second-order valence-electron chi connectivity index (χ2n) is 5.98. The summed E-state index contributed by atoms with van der Waals surface area (Å²) in [5.74, 6) is 0.219. The molecule has 0 spiro atoms. The topological polar surface area (TPSA) is 66.0 Å². The molecule has 28 heavy (non-hydrogen) atoms. The number of carbonyl (C=O) groups is 1. The minimum Gasteiger partial charge on any atom is -0.382 e. The van der Waals surface area contributed by atoms with Crippen molar-refractivity contribution in [1.29, 1.82) is 0 Å². The van der Waals surface area contributed by atoms with E-state index in [0.29, 0.717) is 31.3 Å². The highest BCUT2D eigenvalue weighted by atomic mass is 127. The number of aliphatic imine (C=N–C) groups is 1. The maximum absolute atomic E-state index is 12.8. The lowest BCUT2D eigenvalue weighted by atomic mass is 10.1. The van der Waals surface area contributed by atoms with Gasteiger partial charge in [-0.2, -0.15) is 13.2 Å². The molecule has 2 N–H and O–H groups in total. The molecule has 0 aliphatic heterocycles. The average molecular weight is 516 g/mol. The van der Waals surface area contributed by atoms with Crippen molar-refractivity contribution in [1.82, 2.24) is 15.5 Å². The highest BCUT2D eigenvalue weighted by Crippen LogP contribution is 2.29. The van der Waals surface area contributed by atoms with Crippen LogP contribution in [0.3, 0.4) is 0 Å². The zero-order chi connectivity index (χ0) is 20.3. The molecule has 0 saturated heterocycles. The number of guanidine groups is 1. The highest BCUT2D eigenvalue weighted by Gasteiger charge is 2.30. The smallest absolute Gasteiger partial charge is 0.382 e. The third-order valence-electron chi connectivity index (χ3n) is 3.54. The van der Waals surface area contributed by atoms with Crippen LogP contribution in [0.5, 0.6) is 0 Å². The monoisotopic (exact) mass is 516 g/mol. The first-order valence-electron chi connectivity index (χ1n) is 8.70. The van der Waals surface area contributed by atoms with Crippen LogP contribution >= 0.6 is 24.0 Å². The Morgan fingerprint density at radius 1 is 1.25 bits per heavy atom. The number of amides is 1. The first-order chi connectivity index (χ1) is 12.7. The molecule has 6 nitrogen and oxygen atoms in total. The average Bonchev–Trinajstić information content (AvgIpc) is 2.62. The Morgan fingerprint density at radius 3 is 2.57 bits per heavy atom. The number of ether oxygens (including phenoxy) is 1. The Labute approximate surface area is 180 Å². The van der Waals surface area contributed by atoms with Gasteiger partial charge in [-0.1, -0.05) is 12.1 Å². The lowest BCUT2D eigenvalue weighted by Crippen LogP contribution is -2.43. The van der Waals surface area contributed by atoms with Crippen molar-refractivity contribution >= 4 is 35.8 Å². The van der Waals surface area contributed by atoms with Crippen molar-refractivity contribution in [3.63, 3.8) is 0 Å². The standard InChI is InChI=1S/C18H27F3N4O2.HI/c1-4-27-10-6-9-22-17(24-13-16(26)25(2)3)23-12-14-7-5-8-15(11-14)18(19,20)21;/h5,7-8,11H,4,6,9-10,12-13H2,1-3H3,(H2,22,23,24);1H. The van der Waals surface area contributed by atoms with Gasteiger partial charge in [-0.05, 0) is 31.0 Å². The normalized spacial score (nSPS) is 11.6. The minimum absolute atomic E-state index is 0. The van der Waals surface area contributed by atoms with Crippen molar-refractivity contribution in [3.8, 4) is 0 Å². The molecule has 0 fully saturated rings. The summed E-state index contributed by atoms with van der Waals surface area (Å²) in [4.78, 5) is 17.4. The zero-order valence-electron chi connectivity index (χ0n) is 16.3. The quantitative estimate of drug-likeness (QED) is 0.230. The molecule has 1 aromatic carbocycles. The van der Waals surface area contributed by atoms with Gasteiger partial charge in [0.2, 0.25) is 5.91 Å². The van der Waals surface area contributed by atoms with E-state index in [1.165, 1.54) is 11.0 Å². The second-order valence-corrected chi connectivity index (χ2v) is 5.98.